The number of anilines is 1. The highest BCUT2D eigenvalue weighted by molar-refractivity contribution is 5.95. The molecule has 0 radical (unpaired) electrons. The number of carbonyl (C=O) groups is 1. The van der Waals surface area contributed by atoms with Gasteiger partial charge in [0.15, 0.2) is 0 Å². The number of fused-ring (bicyclic) bond motifs is 2. The quantitative estimate of drug-likeness (QED) is 0.611. The molecular weight excluding hydrogens is 457 g/mol. The van der Waals surface area contributed by atoms with Crippen molar-refractivity contribution in [3.63, 3.8) is 0 Å². The van der Waals surface area contributed by atoms with E-state index in [-0.39, 0.29) is 18.4 Å². The van der Waals surface area contributed by atoms with Gasteiger partial charge in [0.05, 0.1) is 29.3 Å². The lowest BCUT2D eigenvalue weighted by molar-refractivity contribution is -0.137. The van der Waals surface area contributed by atoms with Crippen molar-refractivity contribution in [1.29, 1.82) is 5.26 Å². The van der Waals surface area contributed by atoms with Crippen LogP contribution in [0.15, 0.2) is 54.6 Å². The van der Waals surface area contributed by atoms with Crippen LogP contribution in [-0.4, -0.2) is 53.7 Å². The van der Waals surface area contributed by atoms with Gasteiger partial charge >= 0.3 is 6.18 Å². The summed E-state index contributed by atoms with van der Waals surface area (Å²) in [7, 11) is 0. The molecule has 3 heterocycles. The fourth-order valence-corrected chi connectivity index (χ4v) is 5.33. The zero-order valence-electron chi connectivity index (χ0n) is 18.8. The standard InChI is InChI=1S/C26H23F3N4O2/c27-26(28,29)21-11-20(7-5-18(21)12-30)33-14-19-13-32(10-9-25(19,15-33)16-34)24(35)23-8-6-17-3-1-2-4-22(17)31-23/h1-8,11,19,34H,9-10,13-16H2/t19-,25+/m1/s1. The third-order valence-corrected chi connectivity index (χ3v) is 7.35. The van der Waals surface area contributed by atoms with E-state index < -0.39 is 22.7 Å². The maximum Gasteiger partial charge on any atom is 0.417 e. The second-order valence-corrected chi connectivity index (χ2v) is 9.33. The van der Waals surface area contributed by atoms with E-state index >= 15 is 0 Å². The van der Waals surface area contributed by atoms with Crippen molar-refractivity contribution >= 4 is 22.5 Å². The molecule has 180 valence electrons. The molecule has 2 aliphatic rings. The molecule has 0 bridgehead atoms. The number of hydrogen-bond acceptors (Lipinski definition) is 5. The summed E-state index contributed by atoms with van der Waals surface area (Å²) in [5.74, 6) is -0.311. The van der Waals surface area contributed by atoms with Crippen molar-refractivity contribution in [2.24, 2.45) is 11.3 Å². The molecule has 0 saturated carbocycles. The molecule has 2 aromatic carbocycles. The van der Waals surface area contributed by atoms with Crippen LogP contribution in [0.2, 0.25) is 0 Å². The van der Waals surface area contributed by atoms with Crippen molar-refractivity contribution in [3.8, 4) is 6.07 Å². The first kappa shape index (κ1) is 23.1. The van der Waals surface area contributed by atoms with E-state index in [1.165, 1.54) is 12.1 Å². The molecule has 6 nitrogen and oxygen atoms in total. The summed E-state index contributed by atoms with van der Waals surface area (Å²) in [4.78, 5) is 21.3. The number of nitriles is 1. The molecule has 1 N–H and O–H groups in total. The van der Waals surface area contributed by atoms with Crippen LogP contribution in [0.3, 0.4) is 0 Å². The number of hydrogen-bond donors (Lipinski definition) is 1. The summed E-state index contributed by atoms with van der Waals surface area (Å²) in [6.07, 6.45) is -4.11. The number of piperidine rings is 1. The number of para-hydroxylation sites is 1. The Morgan fingerprint density at radius 3 is 2.71 bits per heavy atom. The number of pyridine rings is 1. The normalized spacial score (nSPS) is 22.2. The second-order valence-electron chi connectivity index (χ2n) is 9.33. The van der Waals surface area contributed by atoms with Crippen LogP contribution in [0.4, 0.5) is 18.9 Å². The molecule has 0 unspecified atom stereocenters. The lowest BCUT2D eigenvalue weighted by Crippen LogP contribution is -2.50. The topological polar surface area (TPSA) is 80.5 Å². The van der Waals surface area contributed by atoms with E-state index in [1.54, 1.807) is 17.0 Å². The molecule has 0 aliphatic carbocycles. The predicted molar refractivity (Wildman–Crippen MR) is 124 cm³/mol. The minimum absolute atomic E-state index is 0.115. The molecule has 2 atom stereocenters. The lowest BCUT2D eigenvalue weighted by atomic mass is 9.73. The van der Waals surface area contributed by atoms with Gasteiger partial charge in [0, 0.05) is 48.6 Å². The van der Waals surface area contributed by atoms with Gasteiger partial charge in [0.1, 0.15) is 5.69 Å². The minimum Gasteiger partial charge on any atom is -0.396 e. The third kappa shape index (κ3) is 4.08. The molecule has 1 aromatic heterocycles. The average Bonchev–Trinajstić information content (AvgIpc) is 3.26. The van der Waals surface area contributed by atoms with Gasteiger partial charge in [-0.25, -0.2) is 4.98 Å². The van der Waals surface area contributed by atoms with Gasteiger partial charge in [0.2, 0.25) is 0 Å². The van der Waals surface area contributed by atoms with Crippen molar-refractivity contribution in [3.05, 3.63) is 71.4 Å². The molecule has 9 heteroatoms. The van der Waals surface area contributed by atoms with Gasteiger partial charge in [-0.1, -0.05) is 24.3 Å². The minimum atomic E-state index is -4.64. The number of likely N-dealkylation sites (tertiary alicyclic amines) is 1. The number of amides is 1. The Bertz CT molecular complexity index is 1340. The van der Waals surface area contributed by atoms with E-state index in [1.807, 2.05) is 35.2 Å². The Hall–Kier alpha value is -3.64. The number of nitrogens with zero attached hydrogens (tertiary/aromatic N) is 4. The highest BCUT2D eigenvalue weighted by Crippen LogP contribution is 2.45. The Morgan fingerprint density at radius 2 is 1.97 bits per heavy atom. The van der Waals surface area contributed by atoms with E-state index in [0.29, 0.717) is 44.0 Å². The molecule has 3 aromatic rings. The highest BCUT2D eigenvalue weighted by Gasteiger charge is 2.50. The number of rotatable bonds is 3. The van der Waals surface area contributed by atoms with Gasteiger partial charge in [0.25, 0.3) is 5.91 Å². The smallest absolute Gasteiger partial charge is 0.396 e. The number of aliphatic hydroxyl groups is 1. The van der Waals surface area contributed by atoms with Crippen molar-refractivity contribution in [2.45, 2.75) is 12.6 Å². The first-order chi connectivity index (χ1) is 16.7. The maximum absolute atomic E-state index is 13.5. The largest absolute Gasteiger partial charge is 0.417 e. The molecule has 2 fully saturated rings. The molecular formula is C26H23F3N4O2. The van der Waals surface area contributed by atoms with Crippen LogP contribution in [0.1, 0.15) is 28.0 Å². The summed E-state index contributed by atoms with van der Waals surface area (Å²) in [5.41, 5.74) is -0.475. The third-order valence-electron chi connectivity index (χ3n) is 7.35. The zero-order chi connectivity index (χ0) is 24.8. The number of aliphatic hydroxyl groups excluding tert-OH is 1. The van der Waals surface area contributed by atoms with E-state index in [0.717, 1.165) is 17.0 Å². The Kier molecular flexibility index (Phi) is 5.64. The monoisotopic (exact) mass is 480 g/mol. The first-order valence-electron chi connectivity index (χ1n) is 11.4. The summed E-state index contributed by atoms with van der Waals surface area (Å²) < 4.78 is 40.4. The summed E-state index contributed by atoms with van der Waals surface area (Å²) >= 11 is 0. The van der Waals surface area contributed by atoms with E-state index in [4.69, 9.17) is 5.26 Å². The zero-order valence-corrected chi connectivity index (χ0v) is 18.8. The van der Waals surface area contributed by atoms with Crippen molar-refractivity contribution in [2.75, 3.05) is 37.7 Å². The van der Waals surface area contributed by atoms with Gasteiger partial charge < -0.3 is 14.9 Å². The number of carbonyl (C=O) groups excluding carboxylic acids is 1. The van der Waals surface area contributed by atoms with Gasteiger partial charge in [-0.15, -0.1) is 0 Å². The average molecular weight is 480 g/mol. The Labute approximate surface area is 200 Å². The van der Waals surface area contributed by atoms with Crippen LogP contribution in [-0.2, 0) is 6.18 Å². The van der Waals surface area contributed by atoms with Gasteiger partial charge in [-0.05, 0) is 36.8 Å². The lowest BCUT2D eigenvalue weighted by Gasteiger charge is -2.42. The van der Waals surface area contributed by atoms with Crippen molar-refractivity contribution in [1.82, 2.24) is 9.88 Å². The summed E-state index contributed by atoms with van der Waals surface area (Å²) in [5, 5.41) is 20.3. The van der Waals surface area contributed by atoms with Crippen LogP contribution in [0, 0.1) is 22.7 Å². The summed E-state index contributed by atoms with van der Waals surface area (Å²) in [6.45, 7) is 1.48. The number of aromatic nitrogens is 1. The number of alkyl halides is 3. The SMILES string of the molecule is N#Cc1ccc(N2C[C@H]3CN(C(=O)c4ccc5ccccc5n4)CC[C@@]3(CO)C2)cc1C(F)(F)F. The Morgan fingerprint density at radius 1 is 1.17 bits per heavy atom. The highest BCUT2D eigenvalue weighted by atomic mass is 19.4. The molecule has 1 amide bonds. The van der Waals surface area contributed by atoms with Crippen LogP contribution < -0.4 is 4.90 Å². The molecule has 5 rings (SSSR count). The number of benzene rings is 2. The summed E-state index contributed by atoms with van der Waals surface area (Å²) in [6, 6.07) is 16.4. The van der Waals surface area contributed by atoms with E-state index in [2.05, 4.69) is 4.98 Å². The van der Waals surface area contributed by atoms with Gasteiger partial charge in [-0.2, -0.15) is 18.4 Å². The second kappa shape index (κ2) is 8.54. The number of halogens is 3. The molecule has 35 heavy (non-hydrogen) atoms. The van der Waals surface area contributed by atoms with Crippen LogP contribution in [0.5, 0.6) is 0 Å². The fourth-order valence-electron chi connectivity index (χ4n) is 5.33. The predicted octanol–water partition coefficient (Wildman–Crippen LogP) is 4.09. The molecule has 0 spiro atoms. The van der Waals surface area contributed by atoms with Crippen LogP contribution >= 0.6 is 0 Å². The van der Waals surface area contributed by atoms with E-state index in [9.17, 15) is 23.1 Å². The fraction of sp³-hybridized carbons (Fsp3) is 0.346. The van der Waals surface area contributed by atoms with Crippen molar-refractivity contribution < 1.29 is 23.1 Å². The maximum atomic E-state index is 13.5. The Balaban J connectivity index is 1.38. The van der Waals surface area contributed by atoms with Crippen LogP contribution in [0.25, 0.3) is 10.9 Å². The molecule has 2 aliphatic heterocycles. The van der Waals surface area contributed by atoms with Gasteiger partial charge in [-0.3, -0.25) is 4.79 Å². The first-order valence-corrected chi connectivity index (χ1v) is 11.4. The molecule has 2 saturated heterocycles.